The van der Waals surface area contributed by atoms with Gasteiger partial charge in [-0.05, 0) is 88.3 Å². The lowest BCUT2D eigenvalue weighted by Crippen LogP contribution is -2.77. The largest absolute Gasteiger partial charge is 0.490 e. The molecule has 3 heterocycles. The number of carbonyl (C=O) groups is 5. The number of aromatic nitrogens is 2. The molecule has 2 aromatic carbocycles. The number of hydrogen-bond acceptors (Lipinski definition) is 10. The van der Waals surface area contributed by atoms with E-state index >= 15 is 0 Å². The number of ether oxygens (including phenoxy) is 2. The normalized spacial score (nSPS) is 28.0. The number of likely N-dealkylation sites (tertiary alicyclic amines) is 1. The van der Waals surface area contributed by atoms with Gasteiger partial charge in [-0.2, -0.15) is 10.4 Å². The maximum absolute atomic E-state index is 14.4. The van der Waals surface area contributed by atoms with Crippen molar-refractivity contribution in [2.45, 2.75) is 135 Å². The van der Waals surface area contributed by atoms with E-state index in [2.05, 4.69) is 23.8 Å². The first-order valence-corrected chi connectivity index (χ1v) is 21.8. The molecule has 2 aliphatic heterocycles. The minimum absolute atomic E-state index is 0.000454. The second kappa shape index (κ2) is 15.9. The van der Waals surface area contributed by atoms with Crippen molar-refractivity contribution in [3.63, 3.8) is 0 Å². The zero-order chi connectivity index (χ0) is 43.7. The van der Waals surface area contributed by atoms with E-state index in [0.29, 0.717) is 40.8 Å². The van der Waals surface area contributed by atoms with Crippen LogP contribution in [0.1, 0.15) is 136 Å². The summed E-state index contributed by atoms with van der Waals surface area (Å²) >= 11 is 6.28. The fraction of sp³-hybridized carbons (Fsp3) is 0.543. The van der Waals surface area contributed by atoms with Crippen LogP contribution >= 0.6 is 11.6 Å². The van der Waals surface area contributed by atoms with Gasteiger partial charge in [0, 0.05) is 61.0 Å². The van der Waals surface area contributed by atoms with Gasteiger partial charge in [-0.25, -0.2) is 0 Å². The van der Waals surface area contributed by atoms with Crippen LogP contribution in [0.15, 0.2) is 48.7 Å². The van der Waals surface area contributed by atoms with E-state index in [9.17, 15) is 29.2 Å². The van der Waals surface area contributed by atoms with E-state index in [1.165, 1.54) is 4.90 Å². The number of nitrogens with zero attached hydrogens (tertiary/aromatic N) is 6. The summed E-state index contributed by atoms with van der Waals surface area (Å²) in [6.45, 7) is 13.2. The van der Waals surface area contributed by atoms with Gasteiger partial charge in [-0.3, -0.25) is 43.4 Å². The highest BCUT2D eigenvalue weighted by Crippen LogP contribution is 2.58. The number of benzene rings is 2. The molecule has 3 saturated carbocycles. The van der Waals surface area contributed by atoms with Crippen LogP contribution in [0.2, 0.25) is 5.02 Å². The fourth-order valence-corrected chi connectivity index (χ4v) is 11.4. The summed E-state index contributed by atoms with van der Waals surface area (Å²) in [5, 5.41) is 13.9. The lowest BCUT2D eigenvalue weighted by atomic mass is 9.48. The summed E-state index contributed by atoms with van der Waals surface area (Å²) in [5.74, 6) is -1.05. The van der Waals surface area contributed by atoms with Crippen LogP contribution in [-0.4, -0.2) is 96.9 Å². The average Bonchev–Trinajstić information content (AvgIpc) is 3.79. The van der Waals surface area contributed by atoms with E-state index in [0.717, 1.165) is 50.0 Å². The highest BCUT2D eigenvalue weighted by Gasteiger charge is 2.68. The molecule has 4 fully saturated rings. The molecule has 14 nitrogen and oxygen atoms in total. The van der Waals surface area contributed by atoms with Crippen LogP contribution in [0.4, 0.5) is 0 Å². The summed E-state index contributed by atoms with van der Waals surface area (Å²) in [6.07, 6.45) is 7.25. The summed E-state index contributed by atoms with van der Waals surface area (Å²) in [4.78, 5) is 72.3. The minimum Gasteiger partial charge on any atom is -0.490 e. The summed E-state index contributed by atoms with van der Waals surface area (Å²) in [6, 6.07) is 12.8. The molecule has 2 N–H and O–H groups in total. The number of carbonyl (C=O) groups excluding carboxylic acids is 5. The Bertz CT molecular complexity index is 2300. The van der Waals surface area contributed by atoms with E-state index in [1.807, 2.05) is 44.6 Å². The standard InChI is InChI=1S/C46H54ClN7O7/c1-25(2)51(24-26-7-10-28(11-8-26)52-18-17-36(50-52)39(49)56)29-19-32(20-29)60-30-13-14-33-34(21-30)41(58)53(40(33)57)37-15-16-38(55)54(42(37)59)43-45(3,4)44(46(43,5)6)61-31-12-9-27(23-48)35(47)22-31/h9,12-14,17-18,21-22,25-26,28-29,32,37,43-44H,7-8,10-11,15-16,19-20,24H2,1-6H3,(H2,49,56). The van der Waals surface area contributed by atoms with Crippen molar-refractivity contribution >= 4 is 41.1 Å². The molecule has 5 amide bonds. The predicted molar refractivity (Wildman–Crippen MR) is 225 cm³/mol. The number of piperidine rings is 1. The zero-order valence-corrected chi connectivity index (χ0v) is 36.4. The maximum Gasteiger partial charge on any atom is 0.269 e. The van der Waals surface area contributed by atoms with E-state index in [-0.39, 0.29) is 47.0 Å². The summed E-state index contributed by atoms with van der Waals surface area (Å²) in [5.41, 5.74) is 5.00. The number of hydrogen-bond donors (Lipinski definition) is 1. The molecule has 3 aromatic rings. The number of halogens is 1. The molecule has 1 unspecified atom stereocenters. The molecular formula is C46H54ClN7O7. The fourth-order valence-electron chi connectivity index (χ4n) is 11.2. The molecule has 322 valence electrons. The van der Waals surface area contributed by atoms with Crippen molar-refractivity contribution in [1.82, 2.24) is 24.5 Å². The Morgan fingerprint density at radius 3 is 2.20 bits per heavy atom. The first kappa shape index (κ1) is 42.4. The van der Waals surface area contributed by atoms with Gasteiger partial charge in [-0.1, -0.05) is 39.3 Å². The molecule has 15 heteroatoms. The highest BCUT2D eigenvalue weighted by atomic mass is 35.5. The number of nitrogens with two attached hydrogens (primary N) is 1. The van der Waals surface area contributed by atoms with E-state index in [1.54, 1.807) is 42.5 Å². The molecule has 61 heavy (non-hydrogen) atoms. The number of amides is 5. The molecule has 0 bridgehead atoms. The quantitative estimate of drug-likeness (QED) is 0.196. The van der Waals surface area contributed by atoms with Crippen molar-refractivity contribution in [2.75, 3.05) is 6.54 Å². The first-order chi connectivity index (χ1) is 28.9. The highest BCUT2D eigenvalue weighted by molar-refractivity contribution is 6.31. The third kappa shape index (κ3) is 7.47. The Balaban J connectivity index is 0.882. The van der Waals surface area contributed by atoms with Gasteiger partial charge >= 0.3 is 0 Å². The van der Waals surface area contributed by atoms with Crippen LogP contribution in [0, 0.1) is 28.1 Å². The molecule has 5 aliphatic rings. The third-order valence-corrected chi connectivity index (χ3v) is 14.3. The van der Waals surface area contributed by atoms with Crippen LogP contribution < -0.4 is 15.2 Å². The van der Waals surface area contributed by atoms with Crippen molar-refractivity contribution in [3.8, 4) is 17.6 Å². The van der Waals surface area contributed by atoms with Gasteiger partial charge < -0.3 is 15.2 Å². The van der Waals surface area contributed by atoms with Gasteiger partial charge in [0.2, 0.25) is 5.91 Å². The van der Waals surface area contributed by atoms with E-state index < -0.39 is 52.6 Å². The van der Waals surface area contributed by atoms with Crippen molar-refractivity contribution in [3.05, 3.63) is 76.1 Å². The minimum atomic E-state index is -1.14. The Kier molecular flexibility index (Phi) is 11.1. The summed E-state index contributed by atoms with van der Waals surface area (Å²) in [7, 11) is 0. The topological polar surface area (TPSA) is 181 Å². The smallest absolute Gasteiger partial charge is 0.269 e. The van der Waals surface area contributed by atoms with Crippen LogP contribution in [0.25, 0.3) is 0 Å². The van der Waals surface area contributed by atoms with Gasteiger partial charge in [0.1, 0.15) is 41.5 Å². The number of primary amides is 1. The Hall–Kier alpha value is -5.26. The van der Waals surface area contributed by atoms with Crippen molar-refractivity contribution in [2.24, 2.45) is 22.5 Å². The molecule has 8 rings (SSSR count). The average molecular weight is 852 g/mol. The summed E-state index contributed by atoms with van der Waals surface area (Å²) < 4.78 is 14.7. The van der Waals surface area contributed by atoms with E-state index in [4.69, 9.17) is 26.8 Å². The number of imide groups is 2. The predicted octanol–water partition coefficient (Wildman–Crippen LogP) is 6.55. The zero-order valence-electron chi connectivity index (χ0n) is 35.6. The maximum atomic E-state index is 14.4. The second-order valence-electron chi connectivity index (χ2n) is 19.0. The number of fused-ring (bicyclic) bond motifs is 1. The molecule has 1 aromatic heterocycles. The Labute approximate surface area is 361 Å². The second-order valence-corrected chi connectivity index (χ2v) is 19.4. The lowest BCUT2D eigenvalue weighted by molar-refractivity contribution is -0.216. The van der Waals surface area contributed by atoms with Crippen molar-refractivity contribution in [1.29, 1.82) is 5.26 Å². The van der Waals surface area contributed by atoms with Crippen LogP contribution in [-0.2, 0) is 9.59 Å². The monoisotopic (exact) mass is 851 g/mol. The lowest BCUT2D eigenvalue weighted by Gasteiger charge is -2.65. The molecular weight excluding hydrogens is 798 g/mol. The molecule has 3 aliphatic carbocycles. The molecule has 0 spiro atoms. The molecule has 1 saturated heterocycles. The number of rotatable bonds is 12. The Morgan fingerprint density at radius 2 is 1.57 bits per heavy atom. The van der Waals surface area contributed by atoms with Gasteiger partial charge in [-0.15, -0.1) is 0 Å². The van der Waals surface area contributed by atoms with Gasteiger partial charge in [0.25, 0.3) is 23.6 Å². The SMILES string of the molecule is CC(C)N(CC1CCC(n2ccc(C(N)=O)n2)CC1)C1CC(Oc2ccc3c(c2)C(=O)N(C2CCC(=O)N(C4C(C)(C)C(Oc5ccc(C#N)c(Cl)c5)C4(C)C)C2=O)C3=O)C1. The van der Waals surface area contributed by atoms with Gasteiger partial charge in [0.05, 0.1) is 33.8 Å². The molecule has 1 atom stereocenters. The van der Waals surface area contributed by atoms with Crippen LogP contribution in [0.5, 0.6) is 11.5 Å². The van der Waals surface area contributed by atoms with Crippen LogP contribution in [0.3, 0.4) is 0 Å². The third-order valence-electron chi connectivity index (χ3n) is 14.0. The first-order valence-electron chi connectivity index (χ1n) is 21.4. The van der Waals surface area contributed by atoms with Crippen molar-refractivity contribution < 1.29 is 33.4 Å². The Morgan fingerprint density at radius 1 is 0.918 bits per heavy atom. The van der Waals surface area contributed by atoms with Gasteiger partial charge in [0.15, 0.2) is 0 Å². The number of nitriles is 1. The molecule has 0 radical (unpaired) electrons.